The van der Waals surface area contributed by atoms with E-state index in [4.69, 9.17) is 0 Å². The summed E-state index contributed by atoms with van der Waals surface area (Å²) >= 11 is 0. The van der Waals surface area contributed by atoms with Crippen molar-refractivity contribution in [2.24, 2.45) is 0 Å². The van der Waals surface area contributed by atoms with Gasteiger partial charge in [0.15, 0.2) is 0 Å². The second kappa shape index (κ2) is 6.92. The van der Waals surface area contributed by atoms with E-state index in [0.717, 1.165) is 30.0 Å². The van der Waals surface area contributed by atoms with Crippen LogP contribution < -0.4 is 10.2 Å². The Morgan fingerprint density at radius 1 is 1.19 bits per heavy atom. The molecule has 2 aromatic rings. The van der Waals surface area contributed by atoms with E-state index in [-0.39, 0.29) is 0 Å². The van der Waals surface area contributed by atoms with Crippen molar-refractivity contribution < 1.29 is 0 Å². The lowest BCUT2D eigenvalue weighted by molar-refractivity contribution is 0.726. The molecule has 0 heterocycles. The zero-order valence-electron chi connectivity index (χ0n) is 12.9. The third kappa shape index (κ3) is 3.62. The van der Waals surface area contributed by atoms with Crippen molar-refractivity contribution in [2.75, 3.05) is 18.5 Å². The summed E-state index contributed by atoms with van der Waals surface area (Å²) < 4.78 is 0. The maximum atomic E-state index is 9.42. The molecule has 3 nitrogen and oxygen atoms in total. The topological polar surface area (TPSA) is 39.1 Å². The minimum Gasteiger partial charge on any atom is -0.344 e. The molecule has 108 valence electrons. The number of nitrogens with one attached hydrogen (secondary N) is 1. The van der Waals surface area contributed by atoms with Crippen LogP contribution in [-0.4, -0.2) is 13.6 Å². The van der Waals surface area contributed by atoms with E-state index in [1.807, 2.05) is 25.2 Å². The number of nitrogens with zero attached hydrogens (tertiary/aromatic N) is 2. The van der Waals surface area contributed by atoms with Gasteiger partial charge >= 0.3 is 0 Å². The normalized spacial score (nSPS) is 10.2. The highest BCUT2D eigenvalue weighted by atomic mass is 15.1. The summed E-state index contributed by atoms with van der Waals surface area (Å²) in [6.45, 7) is 5.86. The van der Waals surface area contributed by atoms with Crippen LogP contribution in [0.2, 0.25) is 0 Å². The maximum Gasteiger partial charge on any atom is 0.101 e. The molecule has 2 aromatic carbocycles. The monoisotopic (exact) mass is 279 g/mol. The number of anilines is 2. The molecule has 0 aromatic heterocycles. The van der Waals surface area contributed by atoms with Crippen molar-refractivity contribution in [1.29, 1.82) is 5.26 Å². The largest absolute Gasteiger partial charge is 0.344 e. The molecule has 0 radical (unpaired) electrons. The Kier molecular flexibility index (Phi) is 4.97. The van der Waals surface area contributed by atoms with Crippen molar-refractivity contribution in [1.82, 2.24) is 5.32 Å². The Morgan fingerprint density at radius 3 is 2.67 bits per heavy atom. The third-order valence-corrected chi connectivity index (χ3v) is 3.51. The first kappa shape index (κ1) is 15.1. The fourth-order valence-corrected chi connectivity index (χ4v) is 2.32. The minimum atomic E-state index is 0.703. The molecule has 0 fully saturated rings. The molecular weight excluding hydrogens is 258 g/mol. The highest BCUT2D eigenvalue weighted by Crippen LogP contribution is 2.28. The van der Waals surface area contributed by atoms with Crippen LogP contribution in [-0.2, 0) is 6.54 Å². The Hall–Kier alpha value is -2.31. The first-order valence-electron chi connectivity index (χ1n) is 7.20. The maximum absolute atomic E-state index is 9.42. The molecular formula is C18H21N3. The van der Waals surface area contributed by atoms with Crippen LogP contribution in [0.4, 0.5) is 11.4 Å². The van der Waals surface area contributed by atoms with Crippen molar-refractivity contribution in [2.45, 2.75) is 20.4 Å². The Labute approximate surface area is 126 Å². The van der Waals surface area contributed by atoms with Gasteiger partial charge in [0, 0.05) is 19.3 Å². The molecule has 2 rings (SSSR count). The van der Waals surface area contributed by atoms with Gasteiger partial charge in [-0.15, -0.1) is 0 Å². The molecule has 0 amide bonds. The smallest absolute Gasteiger partial charge is 0.101 e. The average Bonchev–Trinajstić information content (AvgIpc) is 2.52. The summed E-state index contributed by atoms with van der Waals surface area (Å²) in [6.07, 6.45) is 0. The number of nitriles is 1. The first-order chi connectivity index (χ1) is 10.2. The Morgan fingerprint density at radius 2 is 2.00 bits per heavy atom. The van der Waals surface area contributed by atoms with Crippen molar-refractivity contribution >= 4 is 11.4 Å². The third-order valence-electron chi connectivity index (χ3n) is 3.51. The number of aryl methyl sites for hydroxylation is 1. The summed E-state index contributed by atoms with van der Waals surface area (Å²) in [7, 11) is 1.99. The van der Waals surface area contributed by atoms with Gasteiger partial charge in [0.25, 0.3) is 0 Å². The van der Waals surface area contributed by atoms with Gasteiger partial charge in [-0.2, -0.15) is 5.26 Å². The van der Waals surface area contributed by atoms with Gasteiger partial charge in [-0.05, 0) is 48.9 Å². The van der Waals surface area contributed by atoms with Crippen LogP contribution >= 0.6 is 0 Å². The van der Waals surface area contributed by atoms with E-state index in [9.17, 15) is 5.26 Å². The second-order valence-corrected chi connectivity index (χ2v) is 5.14. The van der Waals surface area contributed by atoms with Crippen LogP contribution in [0, 0.1) is 18.3 Å². The molecule has 0 unspecified atom stereocenters. The number of hydrogen-bond donors (Lipinski definition) is 1. The SMILES string of the molecule is CCNCc1ccc(N(C)c2cccc(C)c2)c(C#N)c1. The zero-order valence-corrected chi connectivity index (χ0v) is 12.9. The van der Waals surface area contributed by atoms with E-state index in [2.05, 4.69) is 54.4 Å². The van der Waals surface area contributed by atoms with Crippen molar-refractivity contribution in [3.8, 4) is 6.07 Å². The average molecular weight is 279 g/mol. The van der Waals surface area contributed by atoms with E-state index in [1.54, 1.807) is 0 Å². The molecule has 0 spiro atoms. The standard InChI is InChI=1S/C18H21N3/c1-4-20-13-15-8-9-18(16(11-15)12-19)21(3)17-7-5-6-14(2)10-17/h5-11,20H,4,13H2,1-3H3. The van der Waals surface area contributed by atoms with Gasteiger partial charge in [0.05, 0.1) is 11.3 Å². The molecule has 0 saturated heterocycles. The van der Waals surface area contributed by atoms with E-state index < -0.39 is 0 Å². The summed E-state index contributed by atoms with van der Waals surface area (Å²) in [5.41, 5.74) is 5.07. The zero-order chi connectivity index (χ0) is 15.2. The van der Waals surface area contributed by atoms with Crippen molar-refractivity contribution in [3.63, 3.8) is 0 Å². The summed E-state index contributed by atoms with van der Waals surface area (Å²) in [5, 5.41) is 12.7. The summed E-state index contributed by atoms with van der Waals surface area (Å²) in [5.74, 6) is 0. The van der Waals surface area contributed by atoms with Gasteiger partial charge in [-0.3, -0.25) is 0 Å². The van der Waals surface area contributed by atoms with Gasteiger partial charge in [-0.1, -0.05) is 25.1 Å². The quantitative estimate of drug-likeness (QED) is 0.906. The molecule has 0 aliphatic rings. The van der Waals surface area contributed by atoms with E-state index in [1.165, 1.54) is 5.56 Å². The highest BCUT2D eigenvalue weighted by molar-refractivity contribution is 5.69. The number of rotatable bonds is 5. The number of hydrogen-bond acceptors (Lipinski definition) is 3. The molecule has 0 aliphatic heterocycles. The molecule has 21 heavy (non-hydrogen) atoms. The van der Waals surface area contributed by atoms with E-state index in [0.29, 0.717) is 5.56 Å². The Bertz CT molecular complexity index is 656. The van der Waals surface area contributed by atoms with Crippen LogP contribution in [0.25, 0.3) is 0 Å². The predicted molar refractivity (Wildman–Crippen MR) is 87.8 cm³/mol. The summed E-state index contributed by atoms with van der Waals surface area (Å²) in [6, 6.07) is 16.6. The molecule has 0 saturated carbocycles. The van der Waals surface area contributed by atoms with Gasteiger partial charge in [0.2, 0.25) is 0 Å². The molecule has 0 atom stereocenters. The van der Waals surface area contributed by atoms with Gasteiger partial charge < -0.3 is 10.2 Å². The number of benzene rings is 2. The lowest BCUT2D eigenvalue weighted by atomic mass is 10.1. The van der Waals surface area contributed by atoms with Crippen LogP contribution in [0.15, 0.2) is 42.5 Å². The fraction of sp³-hybridized carbons (Fsp3) is 0.278. The fourth-order valence-electron chi connectivity index (χ4n) is 2.32. The Balaban J connectivity index is 2.33. The highest BCUT2D eigenvalue weighted by Gasteiger charge is 2.10. The minimum absolute atomic E-state index is 0.703. The molecule has 0 aliphatic carbocycles. The van der Waals surface area contributed by atoms with Gasteiger partial charge in [0.1, 0.15) is 6.07 Å². The first-order valence-corrected chi connectivity index (χ1v) is 7.20. The van der Waals surface area contributed by atoms with Crippen molar-refractivity contribution in [3.05, 3.63) is 59.2 Å². The predicted octanol–water partition coefficient (Wildman–Crippen LogP) is 3.74. The molecule has 0 bridgehead atoms. The van der Waals surface area contributed by atoms with E-state index >= 15 is 0 Å². The van der Waals surface area contributed by atoms with Gasteiger partial charge in [-0.25, -0.2) is 0 Å². The second-order valence-electron chi connectivity index (χ2n) is 5.14. The van der Waals surface area contributed by atoms with Crippen LogP contribution in [0.3, 0.4) is 0 Å². The molecule has 3 heteroatoms. The van der Waals surface area contributed by atoms with Crippen LogP contribution in [0.5, 0.6) is 0 Å². The molecule has 1 N–H and O–H groups in total. The lowest BCUT2D eigenvalue weighted by Crippen LogP contribution is -2.14. The lowest BCUT2D eigenvalue weighted by Gasteiger charge is -2.21. The summed E-state index contributed by atoms with van der Waals surface area (Å²) in [4.78, 5) is 2.06. The van der Waals surface area contributed by atoms with Crippen LogP contribution in [0.1, 0.15) is 23.6 Å².